The molecule has 90 valence electrons. The largest absolute Gasteiger partial charge is 0.378 e. The van der Waals surface area contributed by atoms with E-state index in [1.807, 2.05) is 18.2 Å². The van der Waals surface area contributed by atoms with Gasteiger partial charge in [0.1, 0.15) is 0 Å². The molecule has 1 unspecified atom stereocenters. The highest BCUT2D eigenvalue weighted by Crippen LogP contribution is 2.30. The Labute approximate surface area is 126 Å². The monoisotopic (exact) mass is 393 g/mol. The van der Waals surface area contributed by atoms with Crippen LogP contribution in [-0.2, 0) is 0 Å². The molecule has 0 aliphatic heterocycles. The molecule has 1 aromatic carbocycles. The topological polar surface area (TPSA) is 12.0 Å². The van der Waals surface area contributed by atoms with E-state index in [4.69, 9.17) is 11.6 Å². The van der Waals surface area contributed by atoms with Crippen molar-refractivity contribution in [1.29, 1.82) is 0 Å². The van der Waals surface area contributed by atoms with Gasteiger partial charge in [0.2, 0.25) is 0 Å². The van der Waals surface area contributed by atoms with Crippen LogP contribution < -0.4 is 5.32 Å². The van der Waals surface area contributed by atoms with E-state index in [0.717, 1.165) is 19.7 Å². The lowest BCUT2D eigenvalue weighted by Gasteiger charge is -2.14. The van der Waals surface area contributed by atoms with E-state index >= 15 is 0 Å². The molecule has 0 aliphatic rings. The first-order valence-electron chi connectivity index (χ1n) is 5.02. The second-order valence-electron chi connectivity index (χ2n) is 3.66. The van der Waals surface area contributed by atoms with Crippen LogP contribution in [0.1, 0.15) is 17.8 Å². The Hall–Kier alpha value is -0.0300. The standard InChI is InChI=1S/C12H10Br2ClNS/c1-7(12-4-8(13)6-17-12)16-9-2-3-11(15)10(14)5-9/h2-7,16H,1H3. The van der Waals surface area contributed by atoms with E-state index in [1.54, 1.807) is 11.3 Å². The summed E-state index contributed by atoms with van der Waals surface area (Å²) in [7, 11) is 0. The molecular weight excluding hydrogens is 385 g/mol. The minimum atomic E-state index is 0.277. The van der Waals surface area contributed by atoms with Gasteiger partial charge in [0.15, 0.2) is 0 Å². The summed E-state index contributed by atoms with van der Waals surface area (Å²) >= 11 is 14.6. The molecule has 1 nitrogen and oxygen atoms in total. The van der Waals surface area contributed by atoms with Crippen LogP contribution in [0.25, 0.3) is 0 Å². The molecule has 0 amide bonds. The van der Waals surface area contributed by atoms with Crippen molar-refractivity contribution in [2.45, 2.75) is 13.0 Å². The molecule has 2 rings (SSSR count). The average Bonchev–Trinajstić information content (AvgIpc) is 2.70. The SMILES string of the molecule is CC(Nc1ccc(Cl)c(Br)c1)c1cc(Br)cs1. The number of halogens is 3. The third kappa shape index (κ3) is 3.47. The summed E-state index contributed by atoms with van der Waals surface area (Å²) in [5, 5.41) is 6.25. The van der Waals surface area contributed by atoms with Crippen molar-refractivity contribution in [3.8, 4) is 0 Å². The van der Waals surface area contributed by atoms with E-state index < -0.39 is 0 Å². The second kappa shape index (κ2) is 5.74. The molecule has 0 saturated heterocycles. The molecule has 1 atom stereocenters. The highest BCUT2D eigenvalue weighted by atomic mass is 79.9. The molecule has 0 saturated carbocycles. The van der Waals surface area contributed by atoms with Crippen molar-refractivity contribution in [1.82, 2.24) is 0 Å². The molecular formula is C12H10Br2ClNS. The van der Waals surface area contributed by atoms with Crippen molar-refractivity contribution < 1.29 is 0 Å². The van der Waals surface area contributed by atoms with Crippen molar-refractivity contribution >= 4 is 60.5 Å². The van der Waals surface area contributed by atoms with Crippen LogP contribution >= 0.6 is 54.8 Å². The van der Waals surface area contributed by atoms with Crippen molar-refractivity contribution in [2.24, 2.45) is 0 Å². The summed E-state index contributed by atoms with van der Waals surface area (Å²) in [6.07, 6.45) is 0. The molecule has 1 aromatic heterocycles. The molecule has 2 aromatic rings. The lowest BCUT2D eigenvalue weighted by Crippen LogP contribution is -2.04. The highest BCUT2D eigenvalue weighted by Gasteiger charge is 2.08. The maximum atomic E-state index is 5.96. The third-order valence-electron chi connectivity index (χ3n) is 2.32. The normalized spacial score (nSPS) is 12.5. The van der Waals surface area contributed by atoms with Crippen molar-refractivity contribution in [3.05, 3.63) is 48.5 Å². The van der Waals surface area contributed by atoms with Gasteiger partial charge in [-0.2, -0.15) is 0 Å². The highest BCUT2D eigenvalue weighted by molar-refractivity contribution is 9.10. The number of nitrogens with one attached hydrogen (secondary N) is 1. The molecule has 0 fully saturated rings. The molecule has 0 aliphatic carbocycles. The molecule has 17 heavy (non-hydrogen) atoms. The first kappa shape index (κ1) is 13.4. The van der Waals surface area contributed by atoms with Gasteiger partial charge < -0.3 is 5.32 Å². The van der Waals surface area contributed by atoms with E-state index in [2.05, 4.69) is 55.5 Å². The van der Waals surface area contributed by atoms with Crippen LogP contribution in [0.3, 0.4) is 0 Å². The Bertz CT molecular complexity index is 527. The lowest BCUT2D eigenvalue weighted by atomic mass is 10.2. The predicted molar refractivity (Wildman–Crippen MR) is 83.2 cm³/mol. The molecule has 1 heterocycles. The zero-order valence-electron chi connectivity index (χ0n) is 9.01. The Morgan fingerprint density at radius 2 is 2.06 bits per heavy atom. The van der Waals surface area contributed by atoms with Crippen LogP contribution in [0.2, 0.25) is 5.02 Å². The van der Waals surface area contributed by atoms with Crippen LogP contribution in [0.15, 0.2) is 38.6 Å². The maximum absolute atomic E-state index is 5.96. The summed E-state index contributed by atoms with van der Waals surface area (Å²) in [5.74, 6) is 0. The molecule has 0 radical (unpaired) electrons. The Morgan fingerprint density at radius 1 is 1.29 bits per heavy atom. The number of rotatable bonds is 3. The number of benzene rings is 1. The van der Waals surface area contributed by atoms with Crippen molar-refractivity contribution in [3.63, 3.8) is 0 Å². The summed E-state index contributed by atoms with van der Waals surface area (Å²) < 4.78 is 2.03. The van der Waals surface area contributed by atoms with Gasteiger partial charge in [-0.25, -0.2) is 0 Å². The predicted octanol–water partition coefficient (Wildman–Crippen LogP) is 6.10. The zero-order valence-corrected chi connectivity index (χ0v) is 13.8. The average molecular weight is 396 g/mol. The van der Waals surface area contributed by atoms with Crippen molar-refractivity contribution in [2.75, 3.05) is 5.32 Å². The van der Waals surface area contributed by atoms with Crippen LogP contribution in [0.4, 0.5) is 5.69 Å². The van der Waals surface area contributed by atoms with Gasteiger partial charge in [0.05, 0.1) is 11.1 Å². The van der Waals surface area contributed by atoms with Gasteiger partial charge in [-0.3, -0.25) is 0 Å². The summed E-state index contributed by atoms with van der Waals surface area (Å²) in [5.41, 5.74) is 1.05. The number of thiophene rings is 1. The smallest absolute Gasteiger partial charge is 0.0578 e. The zero-order chi connectivity index (χ0) is 12.4. The summed E-state index contributed by atoms with van der Waals surface area (Å²) in [4.78, 5) is 1.29. The van der Waals surface area contributed by atoms with Gasteiger partial charge in [-0.15, -0.1) is 11.3 Å². The van der Waals surface area contributed by atoms with Crippen LogP contribution in [0.5, 0.6) is 0 Å². The van der Waals surface area contributed by atoms with Gasteiger partial charge >= 0.3 is 0 Å². The summed E-state index contributed by atoms with van der Waals surface area (Å²) in [6.45, 7) is 2.14. The van der Waals surface area contributed by atoms with E-state index in [0.29, 0.717) is 0 Å². The number of anilines is 1. The third-order valence-corrected chi connectivity index (χ3v) is 5.41. The van der Waals surface area contributed by atoms with Crippen LogP contribution in [-0.4, -0.2) is 0 Å². The fraction of sp³-hybridized carbons (Fsp3) is 0.167. The van der Waals surface area contributed by atoms with Gasteiger partial charge in [0, 0.05) is 24.9 Å². The summed E-state index contributed by atoms with van der Waals surface area (Å²) in [6, 6.07) is 8.26. The Morgan fingerprint density at radius 3 is 2.65 bits per heavy atom. The van der Waals surface area contributed by atoms with E-state index in [-0.39, 0.29) is 6.04 Å². The molecule has 0 spiro atoms. The fourth-order valence-corrected chi connectivity index (χ4v) is 3.41. The molecule has 0 bridgehead atoms. The van der Waals surface area contributed by atoms with Crippen LogP contribution in [0, 0.1) is 0 Å². The molecule has 1 N–H and O–H groups in total. The second-order valence-corrected chi connectivity index (χ2v) is 6.78. The first-order valence-corrected chi connectivity index (χ1v) is 7.86. The number of hydrogen-bond acceptors (Lipinski definition) is 2. The number of hydrogen-bond donors (Lipinski definition) is 1. The van der Waals surface area contributed by atoms with Gasteiger partial charge in [-0.05, 0) is 63.0 Å². The Kier molecular flexibility index (Phi) is 4.53. The Balaban J connectivity index is 2.12. The minimum Gasteiger partial charge on any atom is -0.378 e. The quantitative estimate of drug-likeness (QED) is 0.662. The minimum absolute atomic E-state index is 0.277. The van der Waals surface area contributed by atoms with E-state index in [1.165, 1.54) is 4.88 Å². The lowest BCUT2D eigenvalue weighted by molar-refractivity contribution is 0.907. The first-order chi connectivity index (χ1) is 8.06. The molecule has 5 heteroatoms. The maximum Gasteiger partial charge on any atom is 0.0578 e. The fourth-order valence-electron chi connectivity index (χ4n) is 1.46. The van der Waals surface area contributed by atoms with Gasteiger partial charge in [0.25, 0.3) is 0 Å². The van der Waals surface area contributed by atoms with E-state index in [9.17, 15) is 0 Å². The van der Waals surface area contributed by atoms with Gasteiger partial charge in [-0.1, -0.05) is 11.6 Å².